The number of benzene rings is 3. The molecule has 0 spiro atoms. The lowest BCUT2D eigenvalue weighted by Gasteiger charge is -2.21. The Morgan fingerprint density at radius 3 is 2.43 bits per heavy atom. The Morgan fingerprint density at radius 1 is 1.00 bits per heavy atom. The second-order valence-electron chi connectivity index (χ2n) is 9.62. The van der Waals surface area contributed by atoms with Gasteiger partial charge in [0.25, 0.3) is 5.56 Å². The van der Waals surface area contributed by atoms with Gasteiger partial charge in [0.2, 0.25) is 0 Å². The minimum absolute atomic E-state index is 0.0221. The first-order valence-electron chi connectivity index (χ1n) is 11.5. The van der Waals surface area contributed by atoms with Crippen LogP contribution in [0.15, 0.2) is 76.6 Å². The predicted octanol–water partition coefficient (Wildman–Crippen LogP) is 6.40. The van der Waals surface area contributed by atoms with Gasteiger partial charge in [-0.1, -0.05) is 51.1 Å². The number of hydrogen-bond donors (Lipinski definition) is 0. The molecule has 0 aliphatic carbocycles. The summed E-state index contributed by atoms with van der Waals surface area (Å²) >= 11 is 0. The Kier molecular flexibility index (Phi) is 7.07. The number of ether oxygens (including phenoxy) is 2. The van der Waals surface area contributed by atoms with Crippen molar-refractivity contribution in [3.05, 3.63) is 88.2 Å². The highest BCUT2D eigenvalue weighted by Crippen LogP contribution is 2.33. The van der Waals surface area contributed by atoms with Crippen molar-refractivity contribution in [3.63, 3.8) is 0 Å². The Morgan fingerprint density at radius 2 is 1.73 bits per heavy atom. The number of nitrogens with zero attached hydrogens (tertiary/aromatic N) is 3. The standard InChI is InChI=1S/C28H26F3N3O3/c1-27(2,3)17-37-24-19(10-8-14-23(24)36-4)16-32-34-25(18-9-7-11-20(15-18)28(29,30)31)33-22-13-6-5-12-21(22)26(34)35/h5-16H,17H2,1-4H3. The summed E-state index contributed by atoms with van der Waals surface area (Å²) in [4.78, 5) is 17.9. The average molecular weight is 510 g/mol. The molecule has 0 fully saturated rings. The number of para-hydroxylation sites is 2. The highest BCUT2D eigenvalue weighted by molar-refractivity contribution is 5.86. The first-order valence-corrected chi connectivity index (χ1v) is 11.5. The molecular formula is C28H26F3N3O3. The molecular weight excluding hydrogens is 483 g/mol. The van der Waals surface area contributed by atoms with Gasteiger partial charge >= 0.3 is 6.18 Å². The molecule has 192 valence electrons. The Balaban J connectivity index is 1.89. The normalized spacial score (nSPS) is 12.3. The highest BCUT2D eigenvalue weighted by atomic mass is 19.4. The third-order valence-corrected chi connectivity index (χ3v) is 5.39. The van der Waals surface area contributed by atoms with Gasteiger partial charge in [-0.15, -0.1) is 0 Å². The molecule has 6 nitrogen and oxygen atoms in total. The van der Waals surface area contributed by atoms with Gasteiger partial charge in [-0.2, -0.15) is 22.9 Å². The summed E-state index contributed by atoms with van der Waals surface area (Å²) < 4.78 is 52.7. The Bertz CT molecular complexity index is 1520. The molecule has 1 aromatic heterocycles. The third kappa shape index (κ3) is 5.82. The second-order valence-corrected chi connectivity index (χ2v) is 9.62. The molecule has 0 N–H and O–H groups in total. The van der Waals surface area contributed by atoms with Crippen LogP contribution < -0.4 is 15.0 Å². The van der Waals surface area contributed by atoms with E-state index >= 15 is 0 Å². The summed E-state index contributed by atoms with van der Waals surface area (Å²) in [6.07, 6.45) is -3.14. The Hall–Kier alpha value is -4.14. The molecule has 0 saturated heterocycles. The quantitative estimate of drug-likeness (QED) is 0.282. The fraction of sp³-hybridized carbons (Fsp3) is 0.250. The van der Waals surface area contributed by atoms with Gasteiger partial charge in [-0.3, -0.25) is 4.79 Å². The molecule has 37 heavy (non-hydrogen) atoms. The molecule has 0 aliphatic rings. The van der Waals surface area contributed by atoms with E-state index in [1.165, 1.54) is 25.5 Å². The van der Waals surface area contributed by atoms with Gasteiger partial charge in [-0.05, 0) is 41.8 Å². The summed E-state index contributed by atoms with van der Waals surface area (Å²) in [5, 5.41) is 4.66. The van der Waals surface area contributed by atoms with Gasteiger partial charge in [-0.25, -0.2) is 4.98 Å². The Labute approximate surface area is 212 Å². The summed E-state index contributed by atoms with van der Waals surface area (Å²) in [5.41, 5.74) is -0.529. The van der Waals surface area contributed by atoms with Gasteiger partial charge in [0.15, 0.2) is 17.3 Å². The zero-order chi connectivity index (χ0) is 26.8. The maximum Gasteiger partial charge on any atom is 0.416 e. The summed E-state index contributed by atoms with van der Waals surface area (Å²) in [5.74, 6) is 0.896. The van der Waals surface area contributed by atoms with Crippen LogP contribution in [0.2, 0.25) is 0 Å². The van der Waals surface area contributed by atoms with Gasteiger partial charge in [0, 0.05) is 11.1 Å². The van der Waals surface area contributed by atoms with Crippen molar-refractivity contribution in [2.75, 3.05) is 13.7 Å². The van der Waals surface area contributed by atoms with E-state index in [0.717, 1.165) is 16.8 Å². The minimum atomic E-state index is -4.55. The molecule has 0 saturated carbocycles. The molecule has 1 heterocycles. The molecule has 9 heteroatoms. The van der Waals surface area contributed by atoms with Gasteiger partial charge in [0.1, 0.15) is 0 Å². The molecule has 0 aliphatic heterocycles. The zero-order valence-electron chi connectivity index (χ0n) is 20.8. The topological polar surface area (TPSA) is 65.7 Å². The molecule has 4 aromatic rings. The predicted molar refractivity (Wildman–Crippen MR) is 137 cm³/mol. The van der Waals surface area contributed by atoms with E-state index in [4.69, 9.17) is 9.47 Å². The van der Waals surface area contributed by atoms with Crippen LogP contribution in [0, 0.1) is 5.41 Å². The molecule has 0 atom stereocenters. The number of methoxy groups -OCH3 is 1. The van der Waals surface area contributed by atoms with E-state index < -0.39 is 17.3 Å². The number of halogens is 3. The molecule has 3 aromatic carbocycles. The average Bonchev–Trinajstić information content (AvgIpc) is 2.86. The van der Waals surface area contributed by atoms with Crippen molar-refractivity contribution in [3.8, 4) is 22.9 Å². The smallest absolute Gasteiger partial charge is 0.416 e. The van der Waals surface area contributed by atoms with Gasteiger partial charge < -0.3 is 9.47 Å². The molecule has 0 amide bonds. The lowest BCUT2D eigenvalue weighted by Crippen LogP contribution is -2.21. The number of fused-ring (bicyclic) bond motifs is 1. The van der Waals surface area contributed by atoms with E-state index in [1.54, 1.807) is 42.5 Å². The maximum atomic E-state index is 13.4. The van der Waals surface area contributed by atoms with Crippen LogP contribution in [0.3, 0.4) is 0 Å². The lowest BCUT2D eigenvalue weighted by atomic mass is 9.98. The number of aromatic nitrogens is 2. The molecule has 4 rings (SSSR count). The number of hydrogen-bond acceptors (Lipinski definition) is 5. The first kappa shape index (κ1) is 25.9. The van der Waals surface area contributed by atoms with Crippen molar-refractivity contribution >= 4 is 17.1 Å². The maximum absolute atomic E-state index is 13.4. The summed E-state index contributed by atoms with van der Waals surface area (Å²) in [6.45, 7) is 6.47. The van der Waals surface area contributed by atoms with Crippen LogP contribution in [-0.4, -0.2) is 29.6 Å². The van der Waals surface area contributed by atoms with Crippen molar-refractivity contribution in [2.24, 2.45) is 10.5 Å². The van der Waals surface area contributed by atoms with E-state index in [-0.39, 0.29) is 22.2 Å². The lowest BCUT2D eigenvalue weighted by molar-refractivity contribution is -0.137. The third-order valence-electron chi connectivity index (χ3n) is 5.39. The van der Waals surface area contributed by atoms with E-state index in [1.807, 2.05) is 20.8 Å². The van der Waals surface area contributed by atoms with E-state index in [2.05, 4.69) is 10.1 Å². The van der Waals surface area contributed by atoms with Crippen molar-refractivity contribution in [1.82, 2.24) is 9.66 Å². The molecule has 0 radical (unpaired) electrons. The number of rotatable bonds is 6. The zero-order valence-corrected chi connectivity index (χ0v) is 20.8. The molecule has 0 unspecified atom stereocenters. The van der Waals surface area contributed by atoms with Crippen LogP contribution >= 0.6 is 0 Å². The van der Waals surface area contributed by atoms with Crippen LogP contribution in [0.1, 0.15) is 31.9 Å². The van der Waals surface area contributed by atoms with Gasteiger partial charge in [0.05, 0.1) is 36.4 Å². The van der Waals surface area contributed by atoms with Crippen LogP contribution in [-0.2, 0) is 6.18 Å². The second kappa shape index (κ2) is 10.1. The number of alkyl halides is 3. The van der Waals surface area contributed by atoms with E-state index in [9.17, 15) is 18.0 Å². The first-order chi connectivity index (χ1) is 17.5. The van der Waals surface area contributed by atoms with Crippen LogP contribution in [0.4, 0.5) is 13.2 Å². The minimum Gasteiger partial charge on any atom is -0.493 e. The fourth-order valence-corrected chi connectivity index (χ4v) is 3.61. The van der Waals surface area contributed by atoms with Crippen molar-refractivity contribution in [2.45, 2.75) is 26.9 Å². The largest absolute Gasteiger partial charge is 0.493 e. The highest BCUT2D eigenvalue weighted by Gasteiger charge is 2.31. The van der Waals surface area contributed by atoms with Crippen LogP contribution in [0.5, 0.6) is 11.5 Å². The summed E-state index contributed by atoms with van der Waals surface area (Å²) in [7, 11) is 1.52. The molecule has 0 bridgehead atoms. The monoisotopic (exact) mass is 509 g/mol. The summed E-state index contributed by atoms with van der Waals surface area (Å²) in [6, 6.07) is 16.5. The van der Waals surface area contributed by atoms with Crippen molar-refractivity contribution < 1.29 is 22.6 Å². The van der Waals surface area contributed by atoms with Crippen molar-refractivity contribution in [1.29, 1.82) is 0 Å². The SMILES string of the molecule is COc1cccc(C=Nn2c(-c3cccc(C(F)(F)F)c3)nc3ccccc3c2=O)c1OCC(C)(C)C. The van der Waals surface area contributed by atoms with E-state index in [0.29, 0.717) is 29.2 Å². The fourth-order valence-electron chi connectivity index (χ4n) is 3.61. The van der Waals surface area contributed by atoms with Crippen LogP contribution in [0.25, 0.3) is 22.3 Å².